The first-order valence-corrected chi connectivity index (χ1v) is 10.7. The van der Waals surface area contributed by atoms with Crippen molar-refractivity contribution in [1.82, 2.24) is 9.80 Å². The summed E-state index contributed by atoms with van der Waals surface area (Å²) in [5, 5.41) is 9.99. The monoisotopic (exact) mass is 416 g/mol. The van der Waals surface area contributed by atoms with Gasteiger partial charge >= 0.3 is 0 Å². The van der Waals surface area contributed by atoms with Gasteiger partial charge in [0.25, 0.3) is 0 Å². The Morgan fingerprint density at radius 2 is 1.65 bits per heavy atom. The second kappa shape index (κ2) is 8.25. The minimum Gasteiger partial charge on any atom is -0.394 e. The van der Waals surface area contributed by atoms with Gasteiger partial charge in [-0.2, -0.15) is 0 Å². The molecule has 158 valence electrons. The summed E-state index contributed by atoms with van der Waals surface area (Å²) in [7, 11) is 0. The number of carbonyl (C=O) groups excluding carboxylic acids is 1. The fourth-order valence-electron chi connectivity index (χ4n) is 5.11. The normalized spacial score (nSPS) is 23.4. The van der Waals surface area contributed by atoms with Crippen molar-refractivity contribution in [2.24, 2.45) is 0 Å². The van der Waals surface area contributed by atoms with E-state index in [0.717, 1.165) is 24.2 Å². The number of carbonyl (C=O) groups is 1. The largest absolute Gasteiger partial charge is 0.394 e. The zero-order chi connectivity index (χ0) is 21.4. The summed E-state index contributed by atoms with van der Waals surface area (Å²) in [6.07, 6.45) is 0. The Kier molecular flexibility index (Phi) is 5.30. The van der Waals surface area contributed by atoms with Crippen molar-refractivity contribution < 1.29 is 14.3 Å². The summed E-state index contributed by atoms with van der Waals surface area (Å²) in [5.74, 6) is -0.0969. The van der Waals surface area contributed by atoms with Crippen LogP contribution in [-0.2, 0) is 11.3 Å². The lowest BCUT2D eigenvalue weighted by Gasteiger charge is -2.59. The Hall–Kier alpha value is -3.02. The van der Waals surface area contributed by atoms with Crippen LogP contribution in [0.4, 0.5) is 4.39 Å². The average molecular weight is 416 g/mol. The molecule has 3 atom stereocenters. The van der Waals surface area contributed by atoms with Gasteiger partial charge in [0, 0.05) is 24.6 Å². The fourth-order valence-corrected chi connectivity index (χ4v) is 5.11. The molecule has 31 heavy (non-hydrogen) atoms. The number of aliphatic hydroxyl groups is 1. The van der Waals surface area contributed by atoms with E-state index in [1.807, 2.05) is 53.4 Å². The van der Waals surface area contributed by atoms with Gasteiger partial charge in [0.2, 0.25) is 5.91 Å². The summed E-state index contributed by atoms with van der Waals surface area (Å²) in [6, 6.07) is 24.6. The van der Waals surface area contributed by atoms with E-state index in [1.54, 1.807) is 12.1 Å². The van der Waals surface area contributed by atoms with Crippen molar-refractivity contribution in [2.75, 3.05) is 19.7 Å². The lowest BCUT2D eigenvalue weighted by molar-refractivity contribution is -0.162. The molecule has 5 heteroatoms. The fraction of sp³-hybridized carbons (Fsp3) is 0.269. The quantitative estimate of drug-likeness (QED) is 0.690. The average Bonchev–Trinajstić information content (AvgIpc) is 2.77. The predicted octanol–water partition coefficient (Wildman–Crippen LogP) is 3.66. The molecule has 2 heterocycles. The number of amides is 1. The van der Waals surface area contributed by atoms with Gasteiger partial charge in [-0.1, -0.05) is 72.8 Å². The molecule has 3 aromatic rings. The molecule has 4 nitrogen and oxygen atoms in total. The van der Waals surface area contributed by atoms with Crippen LogP contribution in [0.3, 0.4) is 0 Å². The lowest BCUT2D eigenvalue weighted by Crippen LogP contribution is -2.72. The summed E-state index contributed by atoms with van der Waals surface area (Å²) in [4.78, 5) is 16.9. The highest BCUT2D eigenvalue weighted by Gasteiger charge is 2.53. The van der Waals surface area contributed by atoms with Gasteiger partial charge in [-0.3, -0.25) is 9.69 Å². The van der Waals surface area contributed by atoms with Gasteiger partial charge in [-0.15, -0.1) is 0 Å². The molecular weight excluding hydrogens is 391 g/mol. The van der Waals surface area contributed by atoms with E-state index in [0.29, 0.717) is 12.1 Å². The number of aliphatic hydroxyl groups excluding tert-OH is 1. The molecule has 2 aliphatic rings. The minimum absolute atomic E-state index is 0.0430. The van der Waals surface area contributed by atoms with Gasteiger partial charge in [-0.05, 0) is 22.8 Å². The molecule has 0 saturated carbocycles. The van der Waals surface area contributed by atoms with Crippen LogP contribution in [0.25, 0.3) is 11.1 Å². The number of benzene rings is 3. The molecule has 0 unspecified atom stereocenters. The van der Waals surface area contributed by atoms with Crippen LogP contribution in [0.15, 0.2) is 78.9 Å². The number of halogens is 1. The number of piperazine rings is 1. The van der Waals surface area contributed by atoms with Crippen molar-refractivity contribution in [3.63, 3.8) is 0 Å². The SMILES string of the molecule is O=C1CN(Cc2ccccc2)C[C@H]2[C@@H](c3ccc(-c4ccccc4F)cc3)[C@H](CO)N12. The van der Waals surface area contributed by atoms with E-state index in [2.05, 4.69) is 17.0 Å². The van der Waals surface area contributed by atoms with Crippen molar-refractivity contribution in [3.8, 4) is 11.1 Å². The smallest absolute Gasteiger partial charge is 0.237 e. The number of hydrogen-bond acceptors (Lipinski definition) is 3. The van der Waals surface area contributed by atoms with Crippen LogP contribution in [0.1, 0.15) is 17.0 Å². The van der Waals surface area contributed by atoms with E-state index in [4.69, 9.17) is 0 Å². The van der Waals surface area contributed by atoms with E-state index < -0.39 is 0 Å². The maximum absolute atomic E-state index is 14.1. The van der Waals surface area contributed by atoms with Crippen molar-refractivity contribution >= 4 is 5.91 Å². The first-order chi connectivity index (χ1) is 15.2. The predicted molar refractivity (Wildman–Crippen MR) is 118 cm³/mol. The standard InChI is InChI=1S/C26H25FN2O2/c27-22-9-5-4-8-21(22)19-10-12-20(13-11-19)26-23-15-28(14-18-6-2-1-3-7-18)16-25(31)29(23)24(26)17-30/h1-13,23-24,26,30H,14-17H2/t23-,24-,26+/m0/s1. The molecule has 2 fully saturated rings. The summed E-state index contributed by atoms with van der Waals surface area (Å²) < 4.78 is 14.1. The summed E-state index contributed by atoms with van der Waals surface area (Å²) >= 11 is 0. The third kappa shape index (κ3) is 3.64. The van der Waals surface area contributed by atoms with Crippen LogP contribution < -0.4 is 0 Å². The van der Waals surface area contributed by atoms with Crippen LogP contribution in [0.5, 0.6) is 0 Å². The van der Waals surface area contributed by atoms with Gasteiger partial charge in [0.05, 0.1) is 25.2 Å². The van der Waals surface area contributed by atoms with Gasteiger partial charge in [0.1, 0.15) is 5.82 Å². The van der Waals surface area contributed by atoms with E-state index in [-0.39, 0.29) is 36.3 Å². The molecule has 1 amide bonds. The molecule has 3 aromatic carbocycles. The van der Waals surface area contributed by atoms with Crippen molar-refractivity contribution in [1.29, 1.82) is 0 Å². The Bertz CT molecular complexity index is 1070. The Morgan fingerprint density at radius 1 is 0.935 bits per heavy atom. The zero-order valence-corrected chi connectivity index (χ0v) is 17.2. The molecular formula is C26H25FN2O2. The highest BCUT2D eigenvalue weighted by atomic mass is 19.1. The molecule has 2 saturated heterocycles. The Balaban J connectivity index is 1.37. The molecule has 0 radical (unpaired) electrons. The zero-order valence-electron chi connectivity index (χ0n) is 17.2. The first kappa shape index (κ1) is 19.9. The molecule has 0 bridgehead atoms. The minimum atomic E-state index is -0.243. The van der Waals surface area contributed by atoms with Gasteiger partial charge < -0.3 is 10.0 Å². The lowest BCUT2D eigenvalue weighted by atomic mass is 9.73. The molecule has 0 spiro atoms. The van der Waals surface area contributed by atoms with Crippen LogP contribution in [0.2, 0.25) is 0 Å². The molecule has 1 N–H and O–H groups in total. The number of hydrogen-bond donors (Lipinski definition) is 1. The van der Waals surface area contributed by atoms with Crippen molar-refractivity contribution in [3.05, 3.63) is 95.8 Å². The first-order valence-electron chi connectivity index (χ1n) is 10.7. The Labute approximate surface area is 181 Å². The van der Waals surface area contributed by atoms with Crippen LogP contribution in [-0.4, -0.2) is 52.6 Å². The van der Waals surface area contributed by atoms with Gasteiger partial charge in [-0.25, -0.2) is 4.39 Å². The van der Waals surface area contributed by atoms with E-state index in [9.17, 15) is 14.3 Å². The third-order valence-corrected chi connectivity index (χ3v) is 6.55. The molecule has 5 rings (SSSR count). The second-order valence-corrected chi connectivity index (χ2v) is 8.40. The third-order valence-electron chi connectivity index (χ3n) is 6.55. The van der Waals surface area contributed by atoms with E-state index in [1.165, 1.54) is 11.6 Å². The summed E-state index contributed by atoms with van der Waals surface area (Å²) in [6.45, 7) is 1.83. The maximum Gasteiger partial charge on any atom is 0.237 e. The number of nitrogens with zero attached hydrogens (tertiary/aromatic N) is 2. The molecule has 0 aliphatic carbocycles. The maximum atomic E-state index is 14.1. The number of fused-ring (bicyclic) bond motifs is 1. The topological polar surface area (TPSA) is 43.8 Å². The summed E-state index contributed by atoms with van der Waals surface area (Å²) in [5.41, 5.74) is 3.66. The Morgan fingerprint density at radius 3 is 2.35 bits per heavy atom. The molecule has 2 aliphatic heterocycles. The van der Waals surface area contributed by atoms with E-state index >= 15 is 0 Å². The highest BCUT2D eigenvalue weighted by Crippen LogP contribution is 2.43. The van der Waals surface area contributed by atoms with Crippen LogP contribution >= 0.6 is 0 Å². The molecule has 0 aromatic heterocycles. The van der Waals surface area contributed by atoms with Gasteiger partial charge in [0.15, 0.2) is 0 Å². The number of rotatable bonds is 5. The second-order valence-electron chi connectivity index (χ2n) is 8.40. The highest BCUT2D eigenvalue weighted by molar-refractivity contribution is 5.81. The van der Waals surface area contributed by atoms with Crippen molar-refractivity contribution in [2.45, 2.75) is 24.5 Å². The van der Waals surface area contributed by atoms with Crippen LogP contribution in [0, 0.1) is 5.82 Å².